The fraction of sp³-hybridized carbons (Fsp3) is 0.500. The van der Waals surface area contributed by atoms with Crippen molar-refractivity contribution in [3.05, 3.63) is 24.0 Å². The number of anilines is 1. The number of nitrogens with two attached hydrogens (primary N) is 1. The number of aromatic nitrogens is 1. The number of nitrogens with one attached hydrogen (secondary N) is 2. The Balaban J connectivity index is 1.79. The van der Waals surface area contributed by atoms with E-state index in [-0.39, 0.29) is 5.91 Å². The zero-order valence-corrected chi connectivity index (χ0v) is 10.5. The smallest absolute Gasteiger partial charge is 0.269 e. The Labute approximate surface area is 107 Å². The number of likely N-dealkylation sites (N-methyl/N-ethyl adjacent to an activating group) is 1. The van der Waals surface area contributed by atoms with Crippen LogP contribution in [-0.2, 0) is 0 Å². The first-order valence-corrected chi connectivity index (χ1v) is 6.12. The number of amides is 1. The highest BCUT2D eigenvalue weighted by atomic mass is 16.1. The van der Waals surface area contributed by atoms with Crippen LogP contribution in [0, 0.1) is 0 Å². The highest BCUT2D eigenvalue weighted by Crippen LogP contribution is 2.24. The topological polar surface area (TPSA) is 83.3 Å². The van der Waals surface area contributed by atoms with E-state index in [2.05, 4.69) is 27.7 Å². The fourth-order valence-electron chi connectivity index (χ4n) is 1.78. The number of pyridine rings is 1. The first-order valence-electron chi connectivity index (χ1n) is 6.12. The third kappa shape index (κ3) is 3.41. The second-order valence-electron chi connectivity index (χ2n) is 4.54. The summed E-state index contributed by atoms with van der Waals surface area (Å²) in [5.41, 5.74) is 3.54. The van der Waals surface area contributed by atoms with E-state index in [0.29, 0.717) is 24.0 Å². The van der Waals surface area contributed by atoms with Gasteiger partial charge in [0.15, 0.2) is 0 Å². The zero-order valence-electron chi connectivity index (χ0n) is 10.5. The van der Waals surface area contributed by atoms with Gasteiger partial charge in [-0.3, -0.25) is 15.6 Å². The summed E-state index contributed by atoms with van der Waals surface area (Å²) < 4.78 is 0. The van der Waals surface area contributed by atoms with Crippen molar-refractivity contribution in [3.63, 3.8) is 0 Å². The summed E-state index contributed by atoms with van der Waals surface area (Å²) in [4.78, 5) is 18.1. The molecule has 98 valence electrons. The Hall–Kier alpha value is -1.66. The summed E-state index contributed by atoms with van der Waals surface area (Å²) >= 11 is 0. The van der Waals surface area contributed by atoms with Crippen LogP contribution in [0.3, 0.4) is 0 Å². The number of hydrazine groups is 1. The molecule has 6 heteroatoms. The van der Waals surface area contributed by atoms with Crippen molar-refractivity contribution in [1.29, 1.82) is 0 Å². The van der Waals surface area contributed by atoms with Gasteiger partial charge in [-0.2, -0.15) is 0 Å². The van der Waals surface area contributed by atoms with E-state index in [1.807, 2.05) is 0 Å². The number of nitrogens with zero attached hydrogens (tertiary/aromatic N) is 2. The molecule has 2 rings (SSSR count). The zero-order chi connectivity index (χ0) is 13.0. The van der Waals surface area contributed by atoms with Crippen LogP contribution in [0.5, 0.6) is 0 Å². The molecule has 1 fully saturated rings. The van der Waals surface area contributed by atoms with Crippen molar-refractivity contribution in [1.82, 2.24) is 15.2 Å². The predicted molar refractivity (Wildman–Crippen MR) is 70.0 cm³/mol. The third-order valence-corrected chi connectivity index (χ3v) is 3.08. The monoisotopic (exact) mass is 249 g/mol. The Morgan fingerprint density at radius 2 is 2.39 bits per heavy atom. The van der Waals surface area contributed by atoms with E-state index >= 15 is 0 Å². The van der Waals surface area contributed by atoms with Crippen LogP contribution < -0.4 is 16.6 Å². The van der Waals surface area contributed by atoms with Gasteiger partial charge < -0.3 is 15.6 Å². The van der Waals surface area contributed by atoms with Gasteiger partial charge in [0.25, 0.3) is 5.91 Å². The molecule has 1 aromatic rings. The molecule has 1 saturated carbocycles. The van der Waals surface area contributed by atoms with Gasteiger partial charge in [-0.05, 0) is 32.0 Å². The van der Waals surface area contributed by atoms with Gasteiger partial charge in [-0.25, -0.2) is 0 Å². The highest BCUT2D eigenvalue weighted by Gasteiger charge is 2.25. The second kappa shape index (κ2) is 5.79. The quantitative estimate of drug-likeness (QED) is 0.495. The summed E-state index contributed by atoms with van der Waals surface area (Å²) in [6, 6.07) is 4.04. The van der Waals surface area contributed by atoms with Gasteiger partial charge in [0.05, 0.1) is 5.69 Å². The maximum Gasteiger partial charge on any atom is 0.269 e. The van der Waals surface area contributed by atoms with E-state index in [1.165, 1.54) is 12.8 Å². The number of rotatable bonds is 6. The van der Waals surface area contributed by atoms with Crippen LogP contribution in [0.15, 0.2) is 18.3 Å². The van der Waals surface area contributed by atoms with Crippen LogP contribution >= 0.6 is 0 Å². The lowest BCUT2D eigenvalue weighted by Crippen LogP contribution is -2.34. The van der Waals surface area contributed by atoms with Crippen molar-refractivity contribution >= 4 is 11.6 Å². The molecule has 0 radical (unpaired) electrons. The van der Waals surface area contributed by atoms with Gasteiger partial charge >= 0.3 is 0 Å². The number of nitrogen functional groups attached to an aromatic ring is 1. The van der Waals surface area contributed by atoms with E-state index in [0.717, 1.165) is 6.54 Å². The average Bonchev–Trinajstić information content (AvgIpc) is 3.23. The Kier molecular flexibility index (Phi) is 4.11. The lowest BCUT2D eigenvalue weighted by atomic mass is 10.3. The molecular weight excluding hydrogens is 230 g/mol. The molecule has 18 heavy (non-hydrogen) atoms. The van der Waals surface area contributed by atoms with E-state index in [9.17, 15) is 4.79 Å². The lowest BCUT2D eigenvalue weighted by molar-refractivity contribution is 0.0944. The molecule has 1 aliphatic carbocycles. The molecule has 1 aromatic heterocycles. The molecule has 0 spiro atoms. The van der Waals surface area contributed by atoms with Crippen LogP contribution in [-0.4, -0.2) is 42.0 Å². The van der Waals surface area contributed by atoms with Crippen molar-refractivity contribution in [2.75, 3.05) is 25.6 Å². The first-order chi connectivity index (χ1) is 8.70. The van der Waals surface area contributed by atoms with Crippen LogP contribution in [0.25, 0.3) is 0 Å². The average molecular weight is 249 g/mol. The van der Waals surface area contributed by atoms with E-state index in [4.69, 9.17) is 5.84 Å². The minimum Gasteiger partial charge on any atom is -0.349 e. The van der Waals surface area contributed by atoms with Crippen LogP contribution in [0.1, 0.15) is 23.3 Å². The van der Waals surface area contributed by atoms with Crippen molar-refractivity contribution in [2.45, 2.75) is 18.9 Å². The first kappa shape index (κ1) is 12.8. The molecule has 6 nitrogen and oxygen atoms in total. The number of carbonyl (C=O) groups is 1. The molecule has 0 atom stereocenters. The Morgan fingerprint density at radius 3 is 3.06 bits per heavy atom. The molecule has 0 unspecified atom stereocenters. The summed E-state index contributed by atoms with van der Waals surface area (Å²) in [5.74, 6) is 5.11. The van der Waals surface area contributed by atoms with Gasteiger partial charge in [0, 0.05) is 25.3 Å². The van der Waals surface area contributed by atoms with Crippen LogP contribution in [0.4, 0.5) is 5.69 Å². The molecular formula is C12H19N5O. The normalized spacial score (nSPS) is 14.6. The van der Waals surface area contributed by atoms with Crippen molar-refractivity contribution in [2.24, 2.45) is 5.84 Å². The molecule has 1 amide bonds. The number of carbonyl (C=O) groups excluding carboxylic acids is 1. The SMILES string of the molecule is CN(CCNC(=O)c1cc(NN)ccn1)C1CC1. The molecule has 1 aliphatic rings. The molecule has 0 bridgehead atoms. The maximum atomic E-state index is 11.8. The number of hydrogen-bond donors (Lipinski definition) is 3. The largest absolute Gasteiger partial charge is 0.349 e. The molecule has 4 N–H and O–H groups in total. The second-order valence-corrected chi connectivity index (χ2v) is 4.54. The summed E-state index contributed by atoms with van der Waals surface area (Å²) in [5, 5.41) is 2.85. The van der Waals surface area contributed by atoms with Gasteiger partial charge in [-0.15, -0.1) is 0 Å². The number of hydrogen-bond acceptors (Lipinski definition) is 5. The predicted octanol–water partition coefficient (Wildman–Crippen LogP) is 0.191. The van der Waals surface area contributed by atoms with E-state index < -0.39 is 0 Å². The molecule has 1 heterocycles. The maximum absolute atomic E-state index is 11.8. The van der Waals surface area contributed by atoms with E-state index in [1.54, 1.807) is 18.3 Å². The minimum atomic E-state index is -0.170. The van der Waals surface area contributed by atoms with Gasteiger partial charge in [-0.1, -0.05) is 0 Å². The minimum absolute atomic E-state index is 0.170. The van der Waals surface area contributed by atoms with Crippen molar-refractivity contribution < 1.29 is 4.79 Å². The molecule has 0 aromatic carbocycles. The lowest BCUT2D eigenvalue weighted by Gasteiger charge is -2.15. The van der Waals surface area contributed by atoms with Crippen LogP contribution in [0.2, 0.25) is 0 Å². The van der Waals surface area contributed by atoms with Gasteiger partial charge in [0.1, 0.15) is 5.69 Å². The summed E-state index contributed by atoms with van der Waals surface area (Å²) in [6.45, 7) is 1.50. The van der Waals surface area contributed by atoms with Gasteiger partial charge in [0.2, 0.25) is 0 Å². The Bertz CT molecular complexity index is 419. The molecule has 0 aliphatic heterocycles. The fourth-order valence-corrected chi connectivity index (χ4v) is 1.78. The Morgan fingerprint density at radius 1 is 1.61 bits per heavy atom. The third-order valence-electron chi connectivity index (χ3n) is 3.08. The summed E-state index contributed by atoms with van der Waals surface area (Å²) in [6.07, 6.45) is 4.10. The standard InChI is InChI=1S/C12H19N5O/c1-17(10-2-3-10)7-6-15-12(18)11-8-9(16-13)4-5-14-11/h4-5,8,10H,2-3,6-7,13H2,1H3,(H,14,16)(H,15,18). The molecule has 0 saturated heterocycles. The summed E-state index contributed by atoms with van der Waals surface area (Å²) in [7, 11) is 2.08. The highest BCUT2D eigenvalue weighted by molar-refractivity contribution is 5.93. The van der Waals surface area contributed by atoms with Crippen molar-refractivity contribution in [3.8, 4) is 0 Å².